The van der Waals surface area contributed by atoms with Crippen LogP contribution < -0.4 is 5.32 Å². The van der Waals surface area contributed by atoms with E-state index in [2.05, 4.69) is 15.4 Å². The van der Waals surface area contributed by atoms with E-state index in [0.29, 0.717) is 34.5 Å². The minimum absolute atomic E-state index is 0.118. The van der Waals surface area contributed by atoms with Gasteiger partial charge < -0.3 is 10.4 Å². The van der Waals surface area contributed by atoms with Crippen LogP contribution in [0.2, 0.25) is 0 Å². The van der Waals surface area contributed by atoms with E-state index in [1.807, 2.05) is 12.3 Å². The number of benzene rings is 2. The molecule has 0 fully saturated rings. The van der Waals surface area contributed by atoms with E-state index >= 15 is 0 Å². The lowest BCUT2D eigenvalue weighted by Crippen LogP contribution is -2.29. The Morgan fingerprint density at radius 2 is 1.86 bits per heavy atom. The second-order valence-corrected chi connectivity index (χ2v) is 8.44. The van der Waals surface area contributed by atoms with Crippen molar-refractivity contribution < 1.29 is 23.1 Å². The summed E-state index contributed by atoms with van der Waals surface area (Å²) < 4.78 is 42.6. The number of halogens is 3. The monoisotopic (exact) mass is 493 g/mol. The van der Waals surface area contributed by atoms with Gasteiger partial charge in [0.05, 0.1) is 22.8 Å². The van der Waals surface area contributed by atoms with Crippen LogP contribution in [-0.4, -0.2) is 37.0 Å². The van der Waals surface area contributed by atoms with Gasteiger partial charge in [0.1, 0.15) is 0 Å². The van der Waals surface area contributed by atoms with E-state index in [0.717, 1.165) is 22.9 Å². The van der Waals surface area contributed by atoms with Crippen LogP contribution >= 0.6 is 0 Å². The summed E-state index contributed by atoms with van der Waals surface area (Å²) >= 11 is 0. The number of carbonyl (C=O) groups excluding carboxylic acids is 1. The number of carbonyl (C=O) groups is 1. The maximum absolute atomic E-state index is 13.1. The molecule has 0 saturated heterocycles. The number of nitrogens with one attached hydrogen (secondary N) is 1. The number of alkyl halides is 3. The Labute approximate surface area is 203 Å². The fraction of sp³-hybridized carbons (Fsp3) is 0.192. The quantitative estimate of drug-likeness (QED) is 0.356. The molecule has 184 valence electrons. The van der Waals surface area contributed by atoms with E-state index in [1.54, 1.807) is 52.8 Å². The number of aliphatic hydroxyl groups is 1. The molecule has 7 nitrogen and oxygen atoms in total. The molecule has 0 bridgehead atoms. The van der Waals surface area contributed by atoms with Crippen LogP contribution in [0.1, 0.15) is 34.1 Å². The maximum Gasteiger partial charge on any atom is 0.416 e. The molecule has 0 spiro atoms. The Morgan fingerprint density at radius 1 is 1.08 bits per heavy atom. The van der Waals surface area contributed by atoms with Gasteiger partial charge in [0, 0.05) is 48.1 Å². The number of aliphatic hydroxyl groups excluding tert-OH is 1. The Balaban J connectivity index is 1.55. The molecule has 2 aromatic carbocycles. The Morgan fingerprint density at radius 3 is 2.53 bits per heavy atom. The molecule has 0 saturated carbocycles. The number of rotatable bonds is 6. The lowest BCUT2D eigenvalue weighted by Gasteiger charge is -2.17. The summed E-state index contributed by atoms with van der Waals surface area (Å²) in [5.41, 5.74) is 2.11. The highest BCUT2D eigenvalue weighted by Crippen LogP contribution is 2.34. The van der Waals surface area contributed by atoms with Crippen molar-refractivity contribution in [2.75, 3.05) is 6.61 Å². The van der Waals surface area contributed by atoms with Gasteiger partial charge in [-0.1, -0.05) is 6.07 Å². The van der Waals surface area contributed by atoms with Crippen molar-refractivity contribution in [1.29, 1.82) is 0 Å². The van der Waals surface area contributed by atoms with Gasteiger partial charge in [0.15, 0.2) is 5.65 Å². The number of amides is 1. The van der Waals surface area contributed by atoms with Crippen molar-refractivity contribution in [1.82, 2.24) is 24.6 Å². The van der Waals surface area contributed by atoms with Crippen molar-refractivity contribution in [2.24, 2.45) is 7.05 Å². The summed E-state index contributed by atoms with van der Waals surface area (Å²) in [4.78, 5) is 17.4. The fourth-order valence-corrected chi connectivity index (χ4v) is 4.34. The van der Waals surface area contributed by atoms with Crippen LogP contribution in [0.4, 0.5) is 13.2 Å². The van der Waals surface area contributed by atoms with E-state index in [4.69, 9.17) is 0 Å². The first kappa shape index (κ1) is 23.6. The second-order valence-electron chi connectivity index (χ2n) is 8.44. The average molecular weight is 493 g/mol. The van der Waals surface area contributed by atoms with Crippen LogP contribution in [0.15, 0.2) is 73.1 Å². The third-order valence-corrected chi connectivity index (χ3v) is 6.03. The Kier molecular flexibility index (Phi) is 5.97. The first-order chi connectivity index (χ1) is 17.3. The Bertz CT molecular complexity index is 1540. The third kappa shape index (κ3) is 4.31. The molecule has 1 amide bonds. The van der Waals surface area contributed by atoms with Crippen molar-refractivity contribution in [2.45, 2.75) is 18.6 Å². The van der Waals surface area contributed by atoms with Gasteiger partial charge in [-0.2, -0.15) is 18.3 Å². The standard InChI is InChI=1S/C26H22F3N5O2/c1-33-15-20-19-14-16(25(36)31-22(11-13-35)21-4-2-3-12-30-21)5-10-23(19)34(24(20)32-33)18-8-6-17(7-9-18)26(27,28)29/h2-10,12,14-15,22,35H,11,13H2,1H3,(H,31,36)/t22-/m0/s1. The summed E-state index contributed by atoms with van der Waals surface area (Å²) in [5, 5.41) is 18.4. The summed E-state index contributed by atoms with van der Waals surface area (Å²) in [6.07, 6.45) is -0.686. The zero-order valence-electron chi connectivity index (χ0n) is 19.2. The fourth-order valence-electron chi connectivity index (χ4n) is 4.34. The predicted molar refractivity (Wildman–Crippen MR) is 129 cm³/mol. The molecule has 2 N–H and O–H groups in total. The van der Waals surface area contributed by atoms with Gasteiger partial charge in [0.25, 0.3) is 5.91 Å². The molecule has 5 aromatic rings. The lowest BCUT2D eigenvalue weighted by atomic mass is 10.1. The molecule has 0 unspecified atom stereocenters. The van der Waals surface area contributed by atoms with Crippen LogP contribution in [0.25, 0.3) is 27.6 Å². The van der Waals surface area contributed by atoms with Crippen LogP contribution in [0, 0.1) is 0 Å². The first-order valence-corrected chi connectivity index (χ1v) is 11.2. The molecule has 5 rings (SSSR count). The highest BCUT2D eigenvalue weighted by atomic mass is 19.4. The number of nitrogens with zero attached hydrogens (tertiary/aromatic N) is 4. The molecular weight excluding hydrogens is 471 g/mol. The molecule has 1 atom stereocenters. The van der Waals surface area contributed by atoms with Gasteiger partial charge >= 0.3 is 6.18 Å². The van der Waals surface area contributed by atoms with Gasteiger partial charge in [-0.3, -0.25) is 19.0 Å². The van der Waals surface area contributed by atoms with Crippen molar-refractivity contribution in [3.63, 3.8) is 0 Å². The second kappa shape index (κ2) is 9.12. The Hall–Kier alpha value is -4.18. The predicted octanol–water partition coefficient (Wildman–Crippen LogP) is 4.78. The number of fused-ring (bicyclic) bond motifs is 3. The van der Waals surface area contributed by atoms with Crippen molar-refractivity contribution >= 4 is 27.8 Å². The summed E-state index contributed by atoms with van der Waals surface area (Å²) in [7, 11) is 1.76. The minimum atomic E-state index is -4.43. The normalized spacial score (nSPS) is 12.8. The molecule has 0 aliphatic rings. The summed E-state index contributed by atoms with van der Waals surface area (Å²) in [5.74, 6) is -0.333. The highest BCUT2D eigenvalue weighted by molar-refractivity contribution is 6.10. The van der Waals surface area contributed by atoms with Gasteiger partial charge in [-0.25, -0.2) is 0 Å². The molecule has 0 aliphatic carbocycles. The van der Waals surface area contributed by atoms with Crippen LogP contribution in [0.5, 0.6) is 0 Å². The number of hydrogen-bond acceptors (Lipinski definition) is 4. The largest absolute Gasteiger partial charge is 0.416 e. The molecule has 3 aromatic heterocycles. The number of pyridine rings is 1. The molecule has 0 aliphatic heterocycles. The average Bonchev–Trinajstić information content (AvgIpc) is 3.38. The summed E-state index contributed by atoms with van der Waals surface area (Å²) in [6.45, 7) is -0.118. The van der Waals surface area contributed by atoms with Crippen LogP contribution in [0.3, 0.4) is 0 Å². The smallest absolute Gasteiger partial charge is 0.396 e. The van der Waals surface area contributed by atoms with E-state index in [1.165, 1.54) is 12.1 Å². The van der Waals surface area contributed by atoms with Crippen molar-refractivity contribution in [3.8, 4) is 5.69 Å². The SMILES string of the molecule is Cn1cc2c3cc(C(=O)N[C@@H](CCO)c4ccccn4)ccc3n(-c3ccc(C(F)(F)F)cc3)c2n1. The minimum Gasteiger partial charge on any atom is -0.396 e. The van der Waals surface area contributed by atoms with E-state index in [-0.39, 0.29) is 12.5 Å². The zero-order chi connectivity index (χ0) is 25.4. The highest BCUT2D eigenvalue weighted by Gasteiger charge is 2.30. The van der Waals surface area contributed by atoms with Crippen molar-refractivity contribution in [3.05, 3.63) is 89.9 Å². The number of aromatic nitrogens is 4. The molecule has 3 heterocycles. The lowest BCUT2D eigenvalue weighted by molar-refractivity contribution is -0.137. The zero-order valence-corrected chi connectivity index (χ0v) is 19.2. The first-order valence-electron chi connectivity index (χ1n) is 11.2. The maximum atomic E-state index is 13.1. The summed E-state index contributed by atoms with van der Waals surface area (Å²) in [6, 6.07) is 15.0. The topological polar surface area (TPSA) is 85.0 Å². The molecule has 36 heavy (non-hydrogen) atoms. The van der Waals surface area contributed by atoms with Crippen LogP contribution in [-0.2, 0) is 13.2 Å². The van der Waals surface area contributed by atoms with Gasteiger partial charge in [-0.15, -0.1) is 0 Å². The van der Waals surface area contributed by atoms with Gasteiger partial charge in [0.2, 0.25) is 0 Å². The van der Waals surface area contributed by atoms with Gasteiger partial charge in [-0.05, 0) is 61.0 Å². The molecular formula is C26H22F3N5O2. The number of hydrogen-bond donors (Lipinski definition) is 2. The van der Waals surface area contributed by atoms with E-state index < -0.39 is 17.8 Å². The number of aryl methyl sites for hydroxylation is 1. The third-order valence-electron chi connectivity index (χ3n) is 6.03. The molecule has 0 radical (unpaired) electrons. The van der Waals surface area contributed by atoms with E-state index in [9.17, 15) is 23.1 Å². The molecule has 10 heteroatoms.